The van der Waals surface area contributed by atoms with Crippen molar-refractivity contribution in [2.45, 2.75) is 71.8 Å². The first-order valence-corrected chi connectivity index (χ1v) is 5.96. The molecule has 1 nitrogen and oxygen atoms in total. The van der Waals surface area contributed by atoms with E-state index in [1.165, 1.54) is 44.9 Å². The SMILES string of the molecule is CCCCCOC(CCC)CCC. The lowest BCUT2D eigenvalue weighted by atomic mass is 10.1. The molecule has 0 aliphatic heterocycles. The molecule has 0 radical (unpaired) electrons. The second-order valence-electron chi connectivity index (χ2n) is 3.78. The van der Waals surface area contributed by atoms with Crippen LogP contribution in [0.25, 0.3) is 0 Å². The van der Waals surface area contributed by atoms with Gasteiger partial charge in [0, 0.05) is 6.61 Å². The fourth-order valence-corrected chi connectivity index (χ4v) is 1.56. The Balaban J connectivity index is 3.33. The predicted octanol–water partition coefficient (Wildman–Crippen LogP) is 4.16. The molecule has 0 unspecified atom stereocenters. The minimum Gasteiger partial charge on any atom is -0.378 e. The molecule has 0 heterocycles. The molecular formula is C12H26O. The van der Waals surface area contributed by atoms with Gasteiger partial charge in [0.1, 0.15) is 0 Å². The molecule has 0 aromatic heterocycles. The average Bonchev–Trinajstić information content (AvgIpc) is 2.13. The van der Waals surface area contributed by atoms with Gasteiger partial charge in [-0.15, -0.1) is 0 Å². The summed E-state index contributed by atoms with van der Waals surface area (Å²) in [6.07, 6.45) is 9.34. The molecule has 0 amide bonds. The van der Waals surface area contributed by atoms with Crippen LogP contribution in [0.4, 0.5) is 0 Å². The van der Waals surface area contributed by atoms with E-state index in [0.717, 1.165) is 6.61 Å². The van der Waals surface area contributed by atoms with Gasteiger partial charge in [-0.05, 0) is 19.3 Å². The first-order valence-electron chi connectivity index (χ1n) is 5.96. The van der Waals surface area contributed by atoms with Crippen molar-refractivity contribution in [2.24, 2.45) is 0 Å². The van der Waals surface area contributed by atoms with E-state index in [-0.39, 0.29) is 0 Å². The highest BCUT2D eigenvalue weighted by atomic mass is 16.5. The van der Waals surface area contributed by atoms with Crippen molar-refractivity contribution in [3.63, 3.8) is 0 Å². The summed E-state index contributed by atoms with van der Waals surface area (Å²) in [4.78, 5) is 0. The Morgan fingerprint density at radius 3 is 1.92 bits per heavy atom. The van der Waals surface area contributed by atoms with Gasteiger partial charge in [0.05, 0.1) is 6.10 Å². The van der Waals surface area contributed by atoms with E-state index in [1.807, 2.05) is 0 Å². The summed E-state index contributed by atoms with van der Waals surface area (Å²) in [6, 6.07) is 0. The highest BCUT2D eigenvalue weighted by molar-refractivity contribution is 4.56. The van der Waals surface area contributed by atoms with E-state index in [2.05, 4.69) is 20.8 Å². The van der Waals surface area contributed by atoms with Crippen molar-refractivity contribution in [2.75, 3.05) is 6.61 Å². The third-order valence-electron chi connectivity index (χ3n) is 2.32. The van der Waals surface area contributed by atoms with Crippen LogP contribution >= 0.6 is 0 Å². The maximum atomic E-state index is 5.82. The fraction of sp³-hybridized carbons (Fsp3) is 1.00. The summed E-state index contributed by atoms with van der Waals surface area (Å²) in [5.74, 6) is 0. The van der Waals surface area contributed by atoms with Crippen molar-refractivity contribution in [1.29, 1.82) is 0 Å². The Morgan fingerprint density at radius 2 is 1.46 bits per heavy atom. The summed E-state index contributed by atoms with van der Waals surface area (Å²) in [7, 11) is 0. The molecule has 13 heavy (non-hydrogen) atoms. The van der Waals surface area contributed by atoms with Crippen LogP contribution in [0, 0.1) is 0 Å². The molecule has 0 N–H and O–H groups in total. The number of unbranched alkanes of at least 4 members (excludes halogenated alkanes) is 2. The normalized spacial score (nSPS) is 11.1. The minimum atomic E-state index is 0.534. The lowest BCUT2D eigenvalue weighted by Crippen LogP contribution is -2.13. The summed E-state index contributed by atoms with van der Waals surface area (Å²) in [5, 5.41) is 0. The number of rotatable bonds is 9. The molecule has 1 heteroatoms. The van der Waals surface area contributed by atoms with Crippen LogP contribution in [0.15, 0.2) is 0 Å². The third-order valence-corrected chi connectivity index (χ3v) is 2.32. The monoisotopic (exact) mass is 186 g/mol. The Labute approximate surface area is 83.9 Å². The molecule has 0 bridgehead atoms. The lowest BCUT2D eigenvalue weighted by molar-refractivity contribution is 0.0384. The first-order chi connectivity index (χ1) is 6.35. The van der Waals surface area contributed by atoms with Gasteiger partial charge in [0.25, 0.3) is 0 Å². The number of hydrogen-bond acceptors (Lipinski definition) is 1. The van der Waals surface area contributed by atoms with Gasteiger partial charge in [0.15, 0.2) is 0 Å². The van der Waals surface area contributed by atoms with Crippen molar-refractivity contribution in [3.8, 4) is 0 Å². The van der Waals surface area contributed by atoms with Crippen molar-refractivity contribution in [3.05, 3.63) is 0 Å². The van der Waals surface area contributed by atoms with E-state index in [0.29, 0.717) is 6.10 Å². The van der Waals surface area contributed by atoms with E-state index < -0.39 is 0 Å². The van der Waals surface area contributed by atoms with Gasteiger partial charge >= 0.3 is 0 Å². The Bertz CT molecular complexity index is 85.1. The summed E-state index contributed by atoms with van der Waals surface area (Å²) >= 11 is 0. The van der Waals surface area contributed by atoms with Crippen LogP contribution in [0.2, 0.25) is 0 Å². The molecule has 0 rings (SSSR count). The largest absolute Gasteiger partial charge is 0.378 e. The topological polar surface area (TPSA) is 9.23 Å². The minimum absolute atomic E-state index is 0.534. The first kappa shape index (κ1) is 13.0. The smallest absolute Gasteiger partial charge is 0.0575 e. The zero-order valence-corrected chi connectivity index (χ0v) is 9.64. The zero-order valence-electron chi connectivity index (χ0n) is 9.64. The van der Waals surface area contributed by atoms with Crippen LogP contribution in [0.5, 0.6) is 0 Å². The fourth-order valence-electron chi connectivity index (χ4n) is 1.56. The van der Waals surface area contributed by atoms with Gasteiger partial charge in [0.2, 0.25) is 0 Å². The van der Waals surface area contributed by atoms with Gasteiger partial charge in [-0.1, -0.05) is 46.5 Å². The van der Waals surface area contributed by atoms with Crippen molar-refractivity contribution < 1.29 is 4.74 Å². The van der Waals surface area contributed by atoms with Gasteiger partial charge in [-0.3, -0.25) is 0 Å². The predicted molar refractivity (Wildman–Crippen MR) is 59.1 cm³/mol. The third kappa shape index (κ3) is 8.29. The molecule has 0 aliphatic carbocycles. The Kier molecular flexibility index (Phi) is 10.0. The summed E-state index contributed by atoms with van der Waals surface area (Å²) in [6.45, 7) is 7.67. The highest BCUT2D eigenvalue weighted by Crippen LogP contribution is 2.10. The average molecular weight is 186 g/mol. The Hall–Kier alpha value is -0.0400. The number of hydrogen-bond donors (Lipinski definition) is 0. The quantitative estimate of drug-likeness (QED) is 0.491. The second kappa shape index (κ2) is 10.0. The second-order valence-corrected chi connectivity index (χ2v) is 3.78. The van der Waals surface area contributed by atoms with E-state index in [9.17, 15) is 0 Å². The van der Waals surface area contributed by atoms with Gasteiger partial charge < -0.3 is 4.74 Å². The molecule has 0 spiro atoms. The van der Waals surface area contributed by atoms with E-state index >= 15 is 0 Å². The molecule has 0 aromatic carbocycles. The number of ether oxygens (including phenoxy) is 1. The molecule has 0 aliphatic rings. The molecular weight excluding hydrogens is 160 g/mol. The molecule has 0 aromatic rings. The summed E-state index contributed by atoms with van der Waals surface area (Å²) in [5.41, 5.74) is 0. The Morgan fingerprint density at radius 1 is 0.846 bits per heavy atom. The maximum Gasteiger partial charge on any atom is 0.0575 e. The molecule has 0 saturated heterocycles. The summed E-state index contributed by atoms with van der Waals surface area (Å²) < 4.78 is 5.82. The molecule has 0 fully saturated rings. The molecule has 0 saturated carbocycles. The zero-order chi connectivity index (χ0) is 9.94. The standard InChI is InChI=1S/C12H26O/c1-4-7-8-11-13-12(9-5-2)10-6-3/h12H,4-11H2,1-3H3. The highest BCUT2D eigenvalue weighted by Gasteiger charge is 2.05. The van der Waals surface area contributed by atoms with E-state index in [1.54, 1.807) is 0 Å². The van der Waals surface area contributed by atoms with Crippen LogP contribution in [-0.4, -0.2) is 12.7 Å². The van der Waals surface area contributed by atoms with Crippen molar-refractivity contribution >= 4 is 0 Å². The lowest BCUT2D eigenvalue weighted by Gasteiger charge is -2.16. The van der Waals surface area contributed by atoms with Crippen LogP contribution in [0.1, 0.15) is 65.7 Å². The van der Waals surface area contributed by atoms with Crippen LogP contribution in [0.3, 0.4) is 0 Å². The van der Waals surface area contributed by atoms with E-state index in [4.69, 9.17) is 4.74 Å². The van der Waals surface area contributed by atoms with Gasteiger partial charge in [-0.2, -0.15) is 0 Å². The van der Waals surface area contributed by atoms with Crippen LogP contribution < -0.4 is 0 Å². The van der Waals surface area contributed by atoms with Crippen LogP contribution in [-0.2, 0) is 4.74 Å². The maximum absolute atomic E-state index is 5.82. The van der Waals surface area contributed by atoms with Gasteiger partial charge in [-0.25, -0.2) is 0 Å². The molecule has 0 atom stereocenters. The molecule has 80 valence electrons. The van der Waals surface area contributed by atoms with Crippen molar-refractivity contribution in [1.82, 2.24) is 0 Å².